The van der Waals surface area contributed by atoms with Gasteiger partial charge in [0, 0.05) is 13.1 Å². The molecule has 5 heteroatoms. The Morgan fingerprint density at radius 2 is 2.19 bits per heavy atom. The molecular formula is C16H27N3O2. The molecule has 0 aromatic carbocycles. The summed E-state index contributed by atoms with van der Waals surface area (Å²) < 4.78 is 5.50. The highest BCUT2D eigenvalue weighted by Gasteiger charge is 2.26. The number of guanidine groups is 1. The third-order valence-electron chi connectivity index (χ3n) is 3.70. The number of nitrogens with one attached hydrogen (secondary N) is 2. The lowest BCUT2D eigenvalue weighted by atomic mass is 10.0. The lowest BCUT2D eigenvalue weighted by Crippen LogP contribution is -2.39. The summed E-state index contributed by atoms with van der Waals surface area (Å²) in [6.07, 6.45) is 3.92. The normalized spacial score (nSPS) is 18.4. The van der Waals surface area contributed by atoms with Gasteiger partial charge in [0.1, 0.15) is 17.1 Å². The first kappa shape index (κ1) is 15.9. The fourth-order valence-electron chi connectivity index (χ4n) is 2.18. The van der Waals surface area contributed by atoms with Crippen molar-refractivity contribution in [1.82, 2.24) is 10.6 Å². The van der Waals surface area contributed by atoms with Gasteiger partial charge >= 0.3 is 0 Å². The summed E-state index contributed by atoms with van der Waals surface area (Å²) in [5.74, 6) is 3.00. The summed E-state index contributed by atoms with van der Waals surface area (Å²) in [5.41, 5.74) is -1.09. The van der Waals surface area contributed by atoms with Crippen LogP contribution in [0.2, 0.25) is 0 Å². The molecule has 118 valence electrons. The molecule has 0 saturated heterocycles. The standard InChI is InChI=1S/C16H27N3O2/c1-4-17-15(18-10-9-13-6-7-13)19-11-16(3,20)14-8-5-12(2)21-14/h5,8,13,20H,4,6-7,9-11H2,1-3H3,(H2,17,18,19). The third-order valence-corrected chi connectivity index (χ3v) is 3.70. The van der Waals surface area contributed by atoms with Crippen molar-refractivity contribution >= 4 is 5.96 Å². The van der Waals surface area contributed by atoms with E-state index in [1.807, 2.05) is 19.9 Å². The molecule has 1 aromatic rings. The van der Waals surface area contributed by atoms with E-state index in [-0.39, 0.29) is 6.54 Å². The molecule has 21 heavy (non-hydrogen) atoms. The number of hydrogen-bond donors (Lipinski definition) is 3. The van der Waals surface area contributed by atoms with Crippen LogP contribution in [0, 0.1) is 12.8 Å². The third kappa shape index (κ3) is 5.08. The molecule has 0 aliphatic heterocycles. The van der Waals surface area contributed by atoms with Crippen molar-refractivity contribution in [3.05, 3.63) is 23.7 Å². The fraction of sp³-hybridized carbons (Fsp3) is 0.688. The monoisotopic (exact) mass is 293 g/mol. The van der Waals surface area contributed by atoms with Gasteiger partial charge in [-0.05, 0) is 45.2 Å². The van der Waals surface area contributed by atoms with E-state index in [1.54, 1.807) is 13.0 Å². The second kappa shape index (κ2) is 6.98. The topological polar surface area (TPSA) is 69.8 Å². The molecule has 0 radical (unpaired) electrons. The van der Waals surface area contributed by atoms with E-state index in [0.29, 0.717) is 5.76 Å². The Hall–Kier alpha value is -1.49. The number of aryl methyl sites for hydroxylation is 1. The summed E-state index contributed by atoms with van der Waals surface area (Å²) in [5, 5.41) is 17.0. The maximum Gasteiger partial charge on any atom is 0.191 e. The molecule has 3 N–H and O–H groups in total. The Kier molecular flexibility index (Phi) is 5.28. The highest BCUT2D eigenvalue weighted by atomic mass is 16.4. The highest BCUT2D eigenvalue weighted by molar-refractivity contribution is 5.79. The lowest BCUT2D eigenvalue weighted by Gasteiger charge is -2.19. The number of hydrogen-bond acceptors (Lipinski definition) is 3. The molecule has 1 atom stereocenters. The van der Waals surface area contributed by atoms with Crippen LogP contribution in [0.1, 0.15) is 44.6 Å². The van der Waals surface area contributed by atoms with E-state index in [1.165, 1.54) is 19.3 Å². The molecule has 1 heterocycles. The van der Waals surface area contributed by atoms with Gasteiger partial charge in [0.2, 0.25) is 0 Å². The predicted octanol–water partition coefficient (Wildman–Crippen LogP) is 2.15. The van der Waals surface area contributed by atoms with Crippen molar-refractivity contribution < 1.29 is 9.52 Å². The van der Waals surface area contributed by atoms with Crippen molar-refractivity contribution in [2.45, 2.75) is 45.6 Å². The minimum absolute atomic E-state index is 0.263. The zero-order valence-electron chi connectivity index (χ0n) is 13.3. The van der Waals surface area contributed by atoms with E-state index in [4.69, 9.17) is 4.42 Å². The van der Waals surface area contributed by atoms with Gasteiger partial charge in [-0.3, -0.25) is 0 Å². The van der Waals surface area contributed by atoms with Crippen molar-refractivity contribution in [1.29, 1.82) is 0 Å². The molecule has 1 aromatic heterocycles. The predicted molar refractivity (Wildman–Crippen MR) is 84.3 cm³/mol. The van der Waals surface area contributed by atoms with Crippen LogP contribution in [0.25, 0.3) is 0 Å². The maximum atomic E-state index is 10.5. The SMILES string of the molecule is CCNC(=NCC(C)(O)c1ccc(C)o1)NCCC1CC1. The molecule has 1 saturated carbocycles. The molecule has 1 fully saturated rings. The molecule has 0 spiro atoms. The van der Waals surface area contributed by atoms with E-state index in [9.17, 15) is 5.11 Å². The average molecular weight is 293 g/mol. The van der Waals surface area contributed by atoms with Gasteiger partial charge in [-0.1, -0.05) is 12.8 Å². The smallest absolute Gasteiger partial charge is 0.191 e. The first-order chi connectivity index (χ1) is 10.0. The summed E-state index contributed by atoms with van der Waals surface area (Å²) in [4.78, 5) is 4.47. The number of aliphatic hydroxyl groups is 1. The molecule has 0 amide bonds. The Balaban J connectivity index is 1.89. The number of rotatable bonds is 7. The Bertz CT molecular complexity index is 476. The van der Waals surface area contributed by atoms with Crippen molar-refractivity contribution in [3.63, 3.8) is 0 Å². The van der Waals surface area contributed by atoms with Gasteiger partial charge < -0.3 is 20.2 Å². The zero-order valence-corrected chi connectivity index (χ0v) is 13.3. The fourth-order valence-corrected chi connectivity index (χ4v) is 2.18. The average Bonchev–Trinajstić information content (AvgIpc) is 3.15. The quantitative estimate of drug-likeness (QED) is 0.532. The van der Waals surface area contributed by atoms with Crippen molar-refractivity contribution in [3.8, 4) is 0 Å². The van der Waals surface area contributed by atoms with Gasteiger partial charge in [-0.2, -0.15) is 0 Å². The summed E-state index contributed by atoms with van der Waals surface area (Å²) in [6, 6.07) is 3.66. The van der Waals surface area contributed by atoms with E-state index >= 15 is 0 Å². The van der Waals surface area contributed by atoms with Gasteiger partial charge in [-0.25, -0.2) is 4.99 Å². The highest BCUT2D eigenvalue weighted by Crippen LogP contribution is 2.31. The lowest BCUT2D eigenvalue weighted by molar-refractivity contribution is 0.0428. The van der Waals surface area contributed by atoms with Crippen LogP contribution in [0.3, 0.4) is 0 Å². The minimum atomic E-state index is -1.09. The van der Waals surface area contributed by atoms with E-state index in [2.05, 4.69) is 15.6 Å². The molecule has 1 aliphatic carbocycles. The summed E-state index contributed by atoms with van der Waals surface area (Å²) in [6.45, 7) is 7.62. The Labute approximate surface area is 126 Å². The van der Waals surface area contributed by atoms with Crippen molar-refractivity contribution in [2.24, 2.45) is 10.9 Å². The van der Waals surface area contributed by atoms with Crippen LogP contribution >= 0.6 is 0 Å². The number of nitrogens with zero attached hydrogens (tertiary/aromatic N) is 1. The van der Waals surface area contributed by atoms with E-state index < -0.39 is 5.60 Å². The first-order valence-electron chi connectivity index (χ1n) is 7.82. The largest absolute Gasteiger partial charge is 0.463 e. The molecule has 1 unspecified atom stereocenters. The second-order valence-electron chi connectivity index (χ2n) is 6.04. The Morgan fingerprint density at radius 1 is 1.43 bits per heavy atom. The van der Waals surface area contributed by atoms with E-state index in [0.717, 1.165) is 30.7 Å². The van der Waals surface area contributed by atoms with Crippen LogP contribution in [-0.4, -0.2) is 30.7 Å². The van der Waals surface area contributed by atoms with Crippen LogP contribution in [0.15, 0.2) is 21.5 Å². The van der Waals surface area contributed by atoms with Crippen molar-refractivity contribution in [2.75, 3.05) is 19.6 Å². The molecule has 1 aliphatic rings. The number of furan rings is 1. The van der Waals surface area contributed by atoms with Gasteiger partial charge in [0.05, 0.1) is 6.54 Å². The molecular weight excluding hydrogens is 266 g/mol. The van der Waals surface area contributed by atoms with Gasteiger partial charge in [0.25, 0.3) is 0 Å². The minimum Gasteiger partial charge on any atom is -0.463 e. The number of aliphatic imine (C=N–C) groups is 1. The Morgan fingerprint density at radius 3 is 2.76 bits per heavy atom. The van der Waals surface area contributed by atoms with Crippen LogP contribution < -0.4 is 10.6 Å². The van der Waals surface area contributed by atoms with Gasteiger partial charge in [0.15, 0.2) is 5.96 Å². The maximum absolute atomic E-state index is 10.5. The zero-order chi connectivity index (χ0) is 15.3. The summed E-state index contributed by atoms with van der Waals surface area (Å²) in [7, 11) is 0. The van der Waals surface area contributed by atoms with Gasteiger partial charge in [-0.15, -0.1) is 0 Å². The molecule has 5 nitrogen and oxygen atoms in total. The first-order valence-corrected chi connectivity index (χ1v) is 7.82. The van der Waals surface area contributed by atoms with Crippen LogP contribution in [-0.2, 0) is 5.60 Å². The molecule has 2 rings (SSSR count). The second-order valence-corrected chi connectivity index (χ2v) is 6.04. The van der Waals surface area contributed by atoms with Crippen LogP contribution in [0.5, 0.6) is 0 Å². The van der Waals surface area contributed by atoms with Crippen LogP contribution in [0.4, 0.5) is 0 Å². The summed E-state index contributed by atoms with van der Waals surface area (Å²) >= 11 is 0. The molecule has 0 bridgehead atoms.